The Bertz CT molecular complexity index is 541. The second kappa shape index (κ2) is 5.79. The fourth-order valence-corrected chi connectivity index (χ4v) is 1.45. The first-order chi connectivity index (χ1) is 8.69. The number of aromatic nitrogens is 1. The first-order valence-electron chi connectivity index (χ1n) is 5.95. The molecule has 1 aromatic rings. The van der Waals surface area contributed by atoms with E-state index in [1.807, 2.05) is 20.8 Å². The van der Waals surface area contributed by atoms with Gasteiger partial charge in [0.15, 0.2) is 0 Å². The van der Waals surface area contributed by atoms with Crippen molar-refractivity contribution in [3.8, 4) is 0 Å². The van der Waals surface area contributed by atoms with Gasteiger partial charge < -0.3 is 9.88 Å². The predicted molar refractivity (Wildman–Crippen MR) is 74.3 cm³/mol. The number of hydrogen-bond donors (Lipinski definition) is 1. The van der Waals surface area contributed by atoms with E-state index in [-0.39, 0.29) is 5.54 Å². The Morgan fingerprint density at radius 3 is 2.68 bits per heavy atom. The highest BCUT2D eigenvalue weighted by Crippen LogP contribution is 2.06. The maximum Gasteiger partial charge on any atom is 0.332 e. The van der Waals surface area contributed by atoms with E-state index in [9.17, 15) is 14.9 Å². The quantitative estimate of drug-likeness (QED) is 0.499. The SMILES string of the molecule is C=C(CNC(C)(C)C)Cn1ccc(=O)c([N+](=O)[O-])c1. The standard InChI is InChI=1S/C13H19N3O3/c1-10(7-14-13(2,3)4)8-15-6-5-12(17)11(9-15)16(18)19/h5-6,9,14H,1,7-8H2,2-4H3. The summed E-state index contributed by atoms with van der Waals surface area (Å²) in [5.41, 5.74) is -0.134. The zero-order valence-electron chi connectivity index (χ0n) is 11.5. The molecule has 6 heteroatoms. The second-order valence-electron chi connectivity index (χ2n) is 5.48. The van der Waals surface area contributed by atoms with E-state index in [2.05, 4.69) is 11.9 Å². The molecule has 0 aliphatic rings. The molecule has 0 saturated heterocycles. The summed E-state index contributed by atoms with van der Waals surface area (Å²) >= 11 is 0. The Morgan fingerprint density at radius 1 is 1.53 bits per heavy atom. The Hall–Kier alpha value is -1.95. The molecule has 1 rings (SSSR count). The summed E-state index contributed by atoms with van der Waals surface area (Å²) in [5, 5.41) is 14.0. The van der Waals surface area contributed by atoms with E-state index in [0.717, 1.165) is 5.57 Å². The molecule has 0 bridgehead atoms. The van der Waals surface area contributed by atoms with Gasteiger partial charge in [0.1, 0.15) is 0 Å². The van der Waals surface area contributed by atoms with Gasteiger partial charge >= 0.3 is 5.69 Å². The van der Waals surface area contributed by atoms with Crippen LogP contribution in [-0.4, -0.2) is 21.6 Å². The lowest BCUT2D eigenvalue weighted by Crippen LogP contribution is -2.37. The van der Waals surface area contributed by atoms with Crippen LogP contribution in [-0.2, 0) is 6.54 Å². The molecule has 0 spiro atoms. The molecule has 1 heterocycles. The minimum absolute atomic E-state index is 0.0154. The first-order valence-corrected chi connectivity index (χ1v) is 5.95. The summed E-state index contributed by atoms with van der Waals surface area (Å²) < 4.78 is 1.59. The Balaban J connectivity index is 2.73. The number of hydrogen-bond acceptors (Lipinski definition) is 4. The average molecular weight is 265 g/mol. The van der Waals surface area contributed by atoms with Crippen LogP contribution in [0.15, 0.2) is 35.4 Å². The lowest BCUT2D eigenvalue weighted by atomic mass is 10.1. The minimum atomic E-state index is -0.672. The minimum Gasteiger partial charge on any atom is -0.344 e. The molecule has 0 aliphatic heterocycles. The third-order valence-corrected chi connectivity index (χ3v) is 2.43. The summed E-state index contributed by atoms with van der Waals surface area (Å²) in [6, 6.07) is 1.20. The molecule has 0 aliphatic carbocycles. The van der Waals surface area contributed by atoms with Crippen molar-refractivity contribution in [1.82, 2.24) is 9.88 Å². The van der Waals surface area contributed by atoms with Crippen LogP contribution < -0.4 is 10.7 Å². The molecule has 6 nitrogen and oxygen atoms in total. The van der Waals surface area contributed by atoms with Crippen LogP contribution in [0.5, 0.6) is 0 Å². The van der Waals surface area contributed by atoms with E-state index in [1.54, 1.807) is 4.57 Å². The van der Waals surface area contributed by atoms with Crippen molar-refractivity contribution < 1.29 is 4.92 Å². The molecule has 0 atom stereocenters. The van der Waals surface area contributed by atoms with Crippen molar-refractivity contribution in [2.75, 3.05) is 6.54 Å². The Kier molecular flexibility index (Phi) is 4.61. The van der Waals surface area contributed by atoms with Crippen molar-refractivity contribution >= 4 is 5.69 Å². The Morgan fingerprint density at radius 2 is 2.16 bits per heavy atom. The smallest absolute Gasteiger partial charge is 0.332 e. The van der Waals surface area contributed by atoms with Gasteiger partial charge in [-0.2, -0.15) is 0 Å². The zero-order chi connectivity index (χ0) is 14.6. The summed E-state index contributed by atoms with van der Waals surface area (Å²) in [6.45, 7) is 11.1. The highest BCUT2D eigenvalue weighted by Gasteiger charge is 2.12. The lowest BCUT2D eigenvalue weighted by molar-refractivity contribution is -0.386. The zero-order valence-corrected chi connectivity index (χ0v) is 11.5. The maximum absolute atomic E-state index is 11.3. The number of nitrogens with one attached hydrogen (secondary N) is 1. The first kappa shape index (κ1) is 15.1. The average Bonchev–Trinajstić information content (AvgIpc) is 2.28. The van der Waals surface area contributed by atoms with E-state index < -0.39 is 16.0 Å². The molecule has 0 fully saturated rings. The van der Waals surface area contributed by atoms with Crippen molar-refractivity contribution in [1.29, 1.82) is 0 Å². The monoisotopic (exact) mass is 265 g/mol. The molecule has 104 valence electrons. The van der Waals surface area contributed by atoms with Crippen LogP contribution in [0, 0.1) is 10.1 Å². The van der Waals surface area contributed by atoms with Gasteiger partial charge in [-0.05, 0) is 26.3 Å². The molecule has 19 heavy (non-hydrogen) atoms. The largest absolute Gasteiger partial charge is 0.344 e. The van der Waals surface area contributed by atoms with E-state index in [4.69, 9.17) is 0 Å². The van der Waals surface area contributed by atoms with Gasteiger partial charge in [-0.1, -0.05) is 6.58 Å². The fraction of sp³-hybridized carbons (Fsp3) is 0.462. The summed E-state index contributed by atoms with van der Waals surface area (Å²) in [6.07, 6.45) is 2.77. The molecule has 0 aromatic carbocycles. The van der Waals surface area contributed by atoms with Crippen molar-refractivity contribution in [3.63, 3.8) is 0 Å². The van der Waals surface area contributed by atoms with Gasteiger partial charge in [-0.15, -0.1) is 0 Å². The fourth-order valence-electron chi connectivity index (χ4n) is 1.45. The van der Waals surface area contributed by atoms with Crippen molar-refractivity contribution in [3.05, 3.63) is 50.9 Å². The van der Waals surface area contributed by atoms with E-state index >= 15 is 0 Å². The topological polar surface area (TPSA) is 77.2 Å². The third-order valence-electron chi connectivity index (χ3n) is 2.43. The van der Waals surface area contributed by atoms with Gasteiger partial charge in [-0.3, -0.25) is 14.9 Å². The highest BCUT2D eigenvalue weighted by molar-refractivity contribution is 5.25. The van der Waals surface area contributed by atoms with Crippen LogP contribution in [0.2, 0.25) is 0 Å². The molecule has 0 amide bonds. The Labute approximate surface area is 111 Å². The van der Waals surface area contributed by atoms with E-state index in [1.165, 1.54) is 18.5 Å². The van der Waals surface area contributed by atoms with Gasteiger partial charge in [0.2, 0.25) is 0 Å². The molecular weight excluding hydrogens is 246 g/mol. The lowest BCUT2D eigenvalue weighted by Gasteiger charge is -2.21. The third kappa shape index (κ3) is 5.05. The predicted octanol–water partition coefficient (Wildman–Crippen LogP) is 1.70. The van der Waals surface area contributed by atoms with Gasteiger partial charge in [0.05, 0.1) is 11.1 Å². The molecule has 0 unspecified atom stereocenters. The normalized spacial score (nSPS) is 11.3. The summed E-state index contributed by atoms with van der Waals surface area (Å²) in [5.74, 6) is 0. The van der Waals surface area contributed by atoms with Gasteiger partial charge in [0.25, 0.3) is 5.43 Å². The molecule has 0 saturated carbocycles. The van der Waals surface area contributed by atoms with Crippen LogP contribution in [0.3, 0.4) is 0 Å². The molecule has 1 aromatic heterocycles. The maximum atomic E-state index is 11.3. The van der Waals surface area contributed by atoms with Gasteiger partial charge in [-0.25, -0.2) is 0 Å². The molecule has 0 radical (unpaired) electrons. The second-order valence-corrected chi connectivity index (χ2v) is 5.48. The van der Waals surface area contributed by atoms with E-state index in [0.29, 0.717) is 13.1 Å². The summed E-state index contributed by atoms with van der Waals surface area (Å²) in [7, 11) is 0. The van der Waals surface area contributed by atoms with Crippen LogP contribution in [0.1, 0.15) is 20.8 Å². The number of nitro groups is 1. The van der Waals surface area contributed by atoms with Crippen LogP contribution in [0.4, 0.5) is 5.69 Å². The number of pyridine rings is 1. The van der Waals surface area contributed by atoms with Gasteiger partial charge in [0, 0.05) is 30.9 Å². The summed E-state index contributed by atoms with van der Waals surface area (Å²) in [4.78, 5) is 21.3. The molecule has 1 N–H and O–H groups in total. The molecular formula is C13H19N3O3. The number of nitrogens with zero attached hydrogens (tertiary/aromatic N) is 2. The van der Waals surface area contributed by atoms with Crippen LogP contribution in [0.25, 0.3) is 0 Å². The van der Waals surface area contributed by atoms with Crippen molar-refractivity contribution in [2.45, 2.75) is 32.9 Å². The highest BCUT2D eigenvalue weighted by atomic mass is 16.6. The van der Waals surface area contributed by atoms with Crippen molar-refractivity contribution in [2.24, 2.45) is 0 Å². The number of rotatable bonds is 5. The van der Waals surface area contributed by atoms with Crippen LogP contribution >= 0.6 is 0 Å².